The fourth-order valence-corrected chi connectivity index (χ4v) is 3.53. The van der Waals surface area contributed by atoms with Gasteiger partial charge in [0.1, 0.15) is 6.54 Å². The maximum Gasteiger partial charge on any atom is 0.326 e. The summed E-state index contributed by atoms with van der Waals surface area (Å²) in [4.78, 5) is 42.3. The molecule has 3 rings (SSSR count). The second kappa shape index (κ2) is 6.56. The summed E-state index contributed by atoms with van der Waals surface area (Å²) >= 11 is 1.43. The summed E-state index contributed by atoms with van der Waals surface area (Å²) < 4.78 is 1.03. The van der Waals surface area contributed by atoms with Crippen LogP contribution in [0, 0.1) is 6.92 Å². The summed E-state index contributed by atoms with van der Waals surface area (Å²) in [7, 11) is 1.59. The van der Waals surface area contributed by atoms with E-state index < -0.39 is 0 Å². The number of nitrogens with one attached hydrogen (secondary N) is 1. The number of hydrogen-bond acceptors (Lipinski definition) is 5. The second-order valence-electron chi connectivity index (χ2n) is 5.83. The van der Waals surface area contributed by atoms with Crippen molar-refractivity contribution in [2.75, 3.05) is 25.5 Å². The number of amides is 4. The highest BCUT2D eigenvalue weighted by Crippen LogP contribution is 2.26. The molecule has 0 saturated carbocycles. The minimum atomic E-state index is -0.304. The third-order valence-electron chi connectivity index (χ3n) is 3.81. The van der Waals surface area contributed by atoms with E-state index in [9.17, 15) is 14.4 Å². The van der Waals surface area contributed by atoms with Crippen LogP contribution in [0.2, 0.25) is 0 Å². The molecule has 0 bridgehead atoms. The number of nitrogens with zero attached hydrogens (tertiary/aromatic N) is 3. The lowest BCUT2D eigenvalue weighted by Gasteiger charge is -2.13. The van der Waals surface area contributed by atoms with Crippen LogP contribution in [0.25, 0.3) is 10.2 Å². The molecule has 1 aliphatic rings. The normalized spacial score (nSPS) is 14.8. The first-order valence-electron chi connectivity index (χ1n) is 7.66. The maximum atomic E-state index is 12.0. The lowest BCUT2D eigenvalue weighted by Crippen LogP contribution is -2.32. The molecule has 1 aromatic heterocycles. The second-order valence-corrected chi connectivity index (χ2v) is 6.86. The molecule has 0 atom stereocenters. The van der Waals surface area contributed by atoms with Crippen LogP contribution in [0.1, 0.15) is 18.4 Å². The van der Waals surface area contributed by atoms with Crippen LogP contribution >= 0.6 is 11.3 Å². The van der Waals surface area contributed by atoms with Gasteiger partial charge in [0, 0.05) is 20.0 Å². The van der Waals surface area contributed by atoms with Gasteiger partial charge >= 0.3 is 6.03 Å². The predicted molar refractivity (Wildman–Crippen MR) is 92.0 cm³/mol. The van der Waals surface area contributed by atoms with Gasteiger partial charge in [0.2, 0.25) is 11.8 Å². The molecular weight excluding hydrogens is 328 g/mol. The molecule has 1 aliphatic heterocycles. The Balaban J connectivity index is 1.52. The highest BCUT2D eigenvalue weighted by Gasteiger charge is 2.32. The molecule has 8 heteroatoms. The number of thiazole rings is 1. The zero-order valence-electron chi connectivity index (χ0n) is 13.5. The molecule has 0 unspecified atom stereocenters. The molecule has 1 saturated heterocycles. The molecule has 24 heavy (non-hydrogen) atoms. The average Bonchev–Trinajstić information content (AvgIpc) is 3.01. The monoisotopic (exact) mass is 346 g/mol. The Morgan fingerprint density at radius 1 is 1.38 bits per heavy atom. The predicted octanol–water partition coefficient (Wildman–Crippen LogP) is 2.22. The van der Waals surface area contributed by atoms with Crippen LogP contribution in [-0.4, -0.2) is 52.8 Å². The number of carbonyl (C=O) groups excluding carboxylic acids is 3. The van der Waals surface area contributed by atoms with E-state index in [1.807, 2.05) is 25.1 Å². The lowest BCUT2D eigenvalue weighted by molar-refractivity contribution is -0.125. The number of benzene rings is 1. The Labute approximate surface area is 143 Å². The molecule has 126 valence electrons. The topological polar surface area (TPSA) is 82.6 Å². The van der Waals surface area contributed by atoms with Gasteiger partial charge in [-0.1, -0.05) is 17.4 Å². The van der Waals surface area contributed by atoms with Gasteiger partial charge in [0.15, 0.2) is 5.13 Å². The molecule has 7 nitrogen and oxygen atoms in total. The Bertz CT molecular complexity index is 817. The first-order valence-corrected chi connectivity index (χ1v) is 8.48. The number of urea groups is 1. The molecule has 1 N–H and O–H groups in total. The fourth-order valence-electron chi connectivity index (χ4n) is 2.55. The number of rotatable bonds is 5. The first-order chi connectivity index (χ1) is 11.4. The summed E-state index contributed by atoms with van der Waals surface area (Å²) in [6.45, 7) is 2.38. The summed E-state index contributed by atoms with van der Waals surface area (Å²) in [6.07, 6.45) is 0.664. The number of aryl methyl sites for hydroxylation is 1. The van der Waals surface area contributed by atoms with E-state index in [0.717, 1.165) is 15.8 Å². The van der Waals surface area contributed by atoms with Gasteiger partial charge in [-0.25, -0.2) is 9.78 Å². The van der Waals surface area contributed by atoms with Gasteiger partial charge in [-0.3, -0.25) is 14.5 Å². The van der Waals surface area contributed by atoms with Crippen LogP contribution < -0.4 is 5.32 Å². The van der Waals surface area contributed by atoms with E-state index in [0.29, 0.717) is 11.6 Å². The number of fused-ring (bicyclic) bond motifs is 1. The van der Waals surface area contributed by atoms with Crippen molar-refractivity contribution in [3.05, 3.63) is 23.8 Å². The largest absolute Gasteiger partial charge is 0.326 e. The average molecular weight is 346 g/mol. The van der Waals surface area contributed by atoms with E-state index in [1.54, 1.807) is 7.05 Å². The SMILES string of the molecule is Cc1ccc2nc(NC(=O)CCCN3C(=O)CN(C)C3=O)sc2c1. The van der Waals surface area contributed by atoms with Crippen molar-refractivity contribution in [3.63, 3.8) is 0 Å². The van der Waals surface area contributed by atoms with Crippen LogP contribution in [0.5, 0.6) is 0 Å². The number of carbonyl (C=O) groups is 3. The number of imide groups is 1. The maximum absolute atomic E-state index is 12.0. The van der Waals surface area contributed by atoms with Crippen molar-refractivity contribution in [2.24, 2.45) is 0 Å². The molecule has 1 fully saturated rings. The minimum Gasteiger partial charge on any atom is -0.318 e. The molecular formula is C16H18N4O3S. The Morgan fingerprint density at radius 2 is 2.17 bits per heavy atom. The van der Waals surface area contributed by atoms with Crippen molar-refractivity contribution in [2.45, 2.75) is 19.8 Å². The van der Waals surface area contributed by atoms with E-state index in [4.69, 9.17) is 0 Å². The Hall–Kier alpha value is -2.48. The summed E-state index contributed by atoms with van der Waals surface area (Å²) in [6, 6.07) is 5.64. The number of likely N-dealkylation sites (N-methyl/N-ethyl adjacent to an activating group) is 1. The van der Waals surface area contributed by atoms with Crippen molar-refractivity contribution >= 4 is 44.5 Å². The zero-order valence-corrected chi connectivity index (χ0v) is 14.4. The Morgan fingerprint density at radius 3 is 2.88 bits per heavy atom. The quantitative estimate of drug-likeness (QED) is 0.842. The lowest BCUT2D eigenvalue weighted by atomic mass is 10.2. The number of anilines is 1. The van der Waals surface area contributed by atoms with Crippen molar-refractivity contribution in [3.8, 4) is 0 Å². The summed E-state index contributed by atoms with van der Waals surface area (Å²) in [5.74, 6) is -0.386. The molecule has 2 heterocycles. The van der Waals surface area contributed by atoms with E-state index in [2.05, 4.69) is 10.3 Å². The molecule has 0 spiro atoms. The van der Waals surface area contributed by atoms with E-state index in [-0.39, 0.29) is 37.4 Å². The number of aromatic nitrogens is 1. The van der Waals surface area contributed by atoms with Crippen LogP contribution in [0.3, 0.4) is 0 Å². The van der Waals surface area contributed by atoms with Crippen LogP contribution in [0.15, 0.2) is 18.2 Å². The Kier molecular flexibility index (Phi) is 4.48. The van der Waals surface area contributed by atoms with Crippen molar-refractivity contribution in [1.29, 1.82) is 0 Å². The summed E-state index contributed by atoms with van der Waals surface area (Å²) in [5, 5.41) is 3.34. The molecule has 2 aromatic rings. The van der Waals surface area contributed by atoms with Gasteiger partial charge in [-0.15, -0.1) is 0 Å². The molecule has 1 aromatic carbocycles. The molecule has 0 aliphatic carbocycles. The minimum absolute atomic E-state index is 0.107. The third-order valence-corrected chi connectivity index (χ3v) is 4.74. The van der Waals surface area contributed by atoms with E-state index in [1.165, 1.54) is 21.1 Å². The van der Waals surface area contributed by atoms with Gasteiger partial charge in [0.05, 0.1) is 10.2 Å². The van der Waals surface area contributed by atoms with Crippen LogP contribution in [-0.2, 0) is 9.59 Å². The van der Waals surface area contributed by atoms with E-state index >= 15 is 0 Å². The molecule has 4 amide bonds. The van der Waals surface area contributed by atoms with Gasteiger partial charge < -0.3 is 10.2 Å². The standard InChI is InChI=1S/C16H18N4O3S/c1-10-5-6-11-12(8-10)24-15(17-11)18-13(21)4-3-7-20-14(22)9-19(2)16(20)23/h5-6,8H,3-4,7,9H2,1-2H3,(H,17,18,21). The number of hydrogen-bond donors (Lipinski definition) is 1. The smallest absolute Gasteiger partial charge is 0.318 e. The highest BCUT2D eigenvalue weighted by atomic mass is 32.1. The van der Waals surface area contributed by atoms with Crippen molar-refractivity contribution < 1.29 is 14.4 Å². The zero-order chi connectivity index (χ0) is 17.3. The summed E-state index contributed by atoms with van der Waals surface area (Å²) in [5.41, 5.74) is 2.01. The fraction of sp³-hybridized carbons (Fsp3) is 0.375. The van der Waals surface area contributed by atoms with Crippen molar-refractivity contribution in [1.82, 2.24) is 14.8 Å². The van der Waals surface area contributed by atoms with Gasteiger partial charge in [-0.2, -0.15) is 0 Å². The first kappa shape index (κ1) is 16.4. The van der Waals surface area contributed by atoms with Gasteiger partial charge in [-0.05, 0) is 31.0 Å². The third kappa shape index (κ3) is 3.38. The molecule has 0 radical (unpaired) electrons. The van der Waals surface area contributed by atoms with Gasteiger partial charge in [0.25, 0.3) is 0 Å². The highest BCUT2D eigenvalue weighted by molar-refractivity contribution is 7.22. The van der Waals surface area contributed by atoms with Crippen LogP contribution in [0.4, 0.5) is 9.93 Å².